The number of rotatable bonds is 6. The Labute approximate surface area is 122 Å². The third kappa shape index (κ3) is 3.82. The number of hydrogen-bond acceptors (Lipinski definition) is 7. The number of hydrogen-bond donors (Lipinski definition) is 1. The number of hydrazone groups is 1. The van der Waals surface area contributed by atoms with Crippen molar-refractivity contribution in [2.45, 2.75) is 0 Å². The summed E-state index contributed by atoms with van der Waals surface area (Å²) >= 11 is 0. The largest absolute Gasteiger partial charge is 0.497 e. The highest BCUT2D eigenvalue weighted by molar-refractivity contribution is 5.84. The molecule has 2 aromatic rings. The zero-order valence-electron chi connectivity index (χ0n) is 12.0. The Morgan fingerprint density at radius 3 is 2.62 bits per heavy atom. The lowest BCUT2D eigenvalue weighted by molar-refractivity contribution is 0.394. The van der Waals surface area contributed by atoms with Gasteiger partial charge in [0.2, 0.25) is 5.88 Å². The molecule has 7 nitrogen and oxygen atoms in total. The van der Waals surface area contributed by atoms with Crippen molar-refractivity contribution in [3.05, 3.63) is 36.2 Å². The smallest absolute Gasteiger partial charge is 0.218 e. The number of nitrogens with zero attached hydrogens (tertiary/aromatic N) is 3. The number of anilines is 1. The first-order valence-corrected chi connectivity index (χ1v) is 6.14. The van der Waals surface area contributed by atoms with E-state index in [-0.39, 0.29) is 0 Å². The van der Waals surface area contributed by atoms with Gasteiger partial charge in [-0.15, -0.1) is 0 Å². The van der Waals surface area contributed by atoms with Gasteiger partial charge in [0.05, 0.1) is 27.5 Å². The predicted octanol–water partition coefficient (Wildman–Crippen LogP) is 1.95. The van der Waals surface area contributed by atoms with Crippen LogP contribution in [-0.2, 0) is 0 Å². The molecule has 0 atom stereocenters. The highest BCUT2D eigenvalue weighted by Gasteiger charge is 2.02. The molecular weight excluding hydrogens is 272 g/mol. The molecule has 0 fully saturated rings. The van der Waals surface area contributed by atoms with Crippen LogP contribution in [-0.4, -0.2) is 37.5 Å². The molecule has 2 rings (SSSR count). The summed E-state index contributed by atoms with van der Waals surface area (Å²) < 4.78 is 15.4. The van der Waals surface area contributed by atoms with E-state index in [2.05, 4.69) is 20.5 Å². The molecule has 0 aliphatic rings. The standard InChI is InChI=1S/C14H16N4O3/c1-19-11-5-4-10(12(6-11)20-2)8-17-18-13-7-14(21-3)16-9-15-13/h4-9H,1-3H3,(H,15,16,18)/b17-8+. The summed E-state index contributed by atoms with van der Waals surface area (Å²) in [6, 6.07) is 7.11. The molecule has 0 radical (unpaired) electrons. The summed E-state index contributed by atoms with van der Waals surface area (Å²) in [6.45, 7) is 0. The molecule has 0 saturated heterocycles. The van der Waals surface area contributed by atoms with Gasteiger partial charge >= 0.3 is 0 Å². The lowest BCUT2D eigenvalue weighted by atomic mass is 10.2. The molecule has 7 heteroatoms. The fraction of sp³-hybridized carbons (Fsp3) is 0.214. The monoisotopic (exact) mass is 288 g/mol. The van der Waals surface area contributed by atoms with Crippen LogP contribution in [0.15, 0.2) is 35.7 Å². The van der Waals surface area contributed by atoms with Crippen LogP contribution in [0.4, 0.5) is 5.82 Å². The minimum atomic E-state index is 0.463. The van der Waals surface area contributed by atoms with Crippen molar-refractivity contribution < 1.29 is 14.2 Å². The molecule has 0 unspecified atom stereocenters. The molecule has 1 N–H and O–H groups in total. The first-order chi connectivity index (χ1) is 10.3. The molecule has 0 aliphatic heterocycles. The normalized spacial score (nSPS) is 10.4. The van der Waals surface area contributed by atoms with E-state index in [9.17, 15) is 0 Å². The van der Waals surface area contributed by atoms with Gasteiger partial charge in [0, 0.05) is 17.7 Å². The van der Waals surface area contributed by atoms with E-state index in [1.165, 1.54) is 13.4 Å². The number of methoxy groups -OCH3 is 3. The van der Waals surface area contributed by atoms with E-state index in [1.54, 1.807) is 32.6 Å². The molecule has 110 valence electrons. The quantitative estimate of drug-likeness (QED) is 0.646. The van der Waals surface area contributed by atoms with E-state index >= 15 is 0 Å². The van der Waals surface area contributed by atoms with E-state index in [0.717, 1.165) is 11.3 Å². The molecule has 0 amide bonds. The molecule has 0 bridgehead atoms. The Morgan fingerprint density at radius 2 is 1.90 bits per heavy atom. The van der Waals surface area contributed by atoms with Crippen molar-refractivity contribution in [2.75, 3.05) is 26.8 Å². The maximum absolute atomic E-state index is 5.28. The third-order valence-corrected chi connectivity index (χ3v) is 2.67. The number of aromatic nitrogens is 2. The van der Waals surface area contributed by atoms with E-state index in [1.807, 2.05) is 12.1 Å². The summed E-state index contributed by atoms with van der Waals surface area (Å²) in [5.74, 6) is 2.38. The van der Waals surface area contributed by atoms with Crippen LogP contribution in [0.1, 0.15) is 5.56 Å². The van der Waals surface area contributed by atoms with Crippen LogP contribution >= 0.6 is 0 Å². The molecule has 0 spiro atoms. The topological polar surface area (TPSA) is 77.9 Å². The Hall–Kier alpha value is -2.83. The lowest BCUT2D eigenvalue weighted by Gasteiger charge is -2.07. The molecule has 0 saturated carbocycles. The minimum Gasteiger partial charge on any atom is -0.497 e. The van der Waals surface area contributed by atoms with Gasteiger partial charge in [-0.3, -0.25) is 5.43 Å². The van der Waals surface area contributed by atoms with Crippen molar-refractivity contribution in [2.24, 2.45) is 5.10 Å². The molecule has 21 heavy (non-hydrogen) atoms. The van der Waals surface area contributed by atoms with Gasteiger partial charge in [0.15, 0.2) is 5.82 Å². The average Bonchev–Trinajstić information content (AvgIpc) is 2.55. The van der Waals surface area contributed by atoms with Crippen LogP contribution in [0.2, 0.25) is 0 Å². The lowest BCUT2D eigenvalue weighted by Crippen LogP contribution is -1.97. The Kier molecular flexibility index (Phi) is 4.92. The SMILES string of the molecule is COc1ccc(/C=N/Nc2cc(OC)ncn2)c(OC)c1. The average molecular weight is 288 g/mol. The number of nitrogens with one attached hydrogen (secondary N) is 1. The highest BCUT2D eigenvalue weighted by atomic mass is 16.5. The molecule has 1 heterocycles. The maximum atomic E-state index is 5.28. The summed E-state index contributed by atoms with van der Waals surface area (Å²) in [6.07, 6.45) is 3.03. The van der Waals surface area contributed by atoms with E-state index < -0.39 is 0 Å². The van der Waals surface area contributed by atoms with Gasteiger partial charge in [-0.2, -0.15) is 5.10 Å². The predicted molar refractivity (Wildman–Crippen MR) is 79.3 cm³/mol. The Bertz CT molecular complexity index is 631. The van der Waals surface area contributed by atoms with Gasteiger partial charge in [-0.1, -0.05) is 0 Å². The van der Waals surface area contributed by atoms with E-state index in [0.29, 0.717) is 17.4 Å². The fourth-order valence-electron chi connectivity index (χ4n) is 1.61. The van der Waals surface area contributed by atoms with Crippen LogP contribution in [0.25, 0.3) is 0 Å². The van der Waals surface area contributed by atoms with Crippen molar-refractivity contribution in [3.63, 3.8) is 0 Å². The third-order valence-electron chi connectivity index (χ3n) is 2.67. The second kappa shape index (κ2) is 7.09. The summed E-state index contributed by atoms with van der Waals surface area (Å²) in [4.78, 5) is 7.93. The second-order valence-corrected chi connectivity index (χ2v) is 3.92. The molecule has 0 aliphatic carbocycles. The van der Waals surface area contributed by atoms with Gasteiger partial charge in [0.1, 0.15) is 17.8 Å². The van der Waals surface area contributed by atoms with Crippen LogP contribution in [0.5, 0.6) is 17.4 Å². The van der Waals surface area contributed by atoms with Crippen LogP contribution in [0, 0.1) is 0 Å². The molecule has 1 aromatic heterocycles. The van der Waals surface area contributed by atoms with Crippen molar-refractivity contribution >= 4 is 12.0 Å². The molecular formula is C14H16N4O3. The molecule has 1 aromatic carbocycles. The van der Waals surface area contributed by atoms with Gasteiger partial charge in [0.25, 0.3) is 0 Å². The second-order valence-electron chi connectivity index (χ2n) is 3.92. The van der Waals surface area contributed by atoms with Crippen LogP contribution in [0.3, 0.4) is 0 Å². The van der Waals surface area contributed by atoms with Crippen molar-refractivity contribution in [1.82, 2.24) is 9.97 Å². The van der Waals surface area contributed by atoms with E-state index in [4.69, 9.17) is 14.2 Å². The van der Waals surface area contributed by atoms with Crippen LogP contribution < -0.4 is 19.6 Å². The van der Waals surface area contributed by atoms with Gasteiger partial charge in [-0.05, 0) is 12.1 Å². The first-order valence-electron chi connectivity index (χ1n) is 6.14. The zero-order chi connectivity index (χ0) is 15.1. The first kappa shape index (κ1) is 14.6. The Balaban J connectivity index is 2.10. The van der Waals surface area contributed by atoms with Crippen molar-refractivity contribution in [3.8, 4) is 17.4 Å². The Morgan fingerprint density at radius 1 is 1.05 bits per heavy atom. The van der Waals surface area contributed by atoms with Crippen molar-refractivity contribution in [1.29, 1.82) is 0 Å². The van der Waals surface area contributed by atoms with Gasteiger partial charge < -0.3 is 14.2 Å². The highest BCUT2D eigenvalue weighted by Crippen LogP contribution is 2.23. The summed E-state index contributed by atoms with van der Waals surface area (Å²) in [5, 5.41) is 4.11. The maximum Gasteiger partial charge on any atom is 0.218 e. The fourth-order valence-corrected chi connectivity index (χ4v) is 1.61. The van der Waals surface area contributed by atoms with Gasteiger partial charge in [-0.25, -0.2) is 9.97 Å². The summed E-state index contributed by atoms with van der Waals surface area (Å²) in [7, 11) is 4.74. The number of benzene rings is 1. The summed E-state index contributed by atoms with van der Waals surface area (Å²) in [5.41, 5.74) is 3.61. The zero-order valence-corrected chi connectivity index (χ0v) is 12.0. The minimum absolute atomic E-state index is 0.463. The number of ether oxygens (including phenoxy) is 3.